The Morgan fingerprint density at radius 2 is 1.74 bits per heavy atom. The molecule has 2 unspecified atom stereocenters. The molecular weight excluding hydrogens is 476 g/mol. The highest BCUT2D eigenvalue weighted by Gasteiger charge is 2.50. The molecule has 0 spiro atoms. The highest BCUT2D eigenvalue weighted by Crippen LogP contribution is 2.60. The van der Waals surface area contributed by atoms with E-state index in [1.807, 2.05) is 0 Å². The van der Waals surface area contributed by atoms with Crippen LogP contribution in [0.4, 0.5) is 0 Å². The van der Waals surface area contributed by atoms with Crippen LogP contribution in [0, 0.1) is 34.5 Å². The van der Waals surface area contributed by atoms with Crippen molar-refractivity contribution in [1.82, 2.24) is 0 Å². The van der Waals surface area contributed by atoms with Gasteiger partial charge in [0.25, 0.3) is 0 Å². The first-order valence-electron chi connectivity index (χ1n) is 15.8. The zero-order chi connectivity index (χ0) is 28.7. The van der Waals surface area contributed by atoms with Gasteiger partial charge in [-0.15, -0.1) is 0 Å². The van der Waals surface area contributed by atoms with Crippen molar-refractivity contribution in [3.8, 4) is 0 Å². The molecule has 2 heteroatoms. The smallest absolute Gasteiger partial charge is 0.193 e. The van der Waals surface area contributed by atoms with E-state index in [9.17, 15) is 0 Å². The Kier molecular flexibility index (Phi) is 9.63. The van der Waals surface area contributed by atoms with Crippen LogP contribution >= 0.6 is 0 Å². The summed E-state index contributed by atoms with van der Waals surface area (Å²) in [5, 5.41) is 0.176. The van der Waals surface area contributed by atoms with Gasteiger partial charge in [0, 0.05) is 0 Å². The Morgan fingerprint density at radius 3 is 2.34 bits per heavy atom. The normalized spacial score (nSPS) is 34.2. The van der Waals surface area contributed by atoms with E-state index < -0.39 is 8.32 Å². The van der Waals surface area contributed by atoms with Crippen LogP contribution < -0.4 is 0 Å². The predicted molar refractivity (Wildman–Crippen MR) is 171 cm³/mol. The van der Waals surface area contributed by atoms with Gasteiger partial charge in [-0.25, -0.2) is 0 Å². The number of fused-ring (bicyclic) bond motifs is 1. The maximum absolute atomic E-state index is 6.92. The third-order valence-electron chi connectivity index (χ3n) is 11.3. The first-order valence-corrected chi connectivity index (χ1v) is 18.7. The summed E-state index contributed by atoms with van der Waals surface area (Å²) in [5.74, 6) is 2.90. The minimum atomic E-state index is -1.92. The average molecular weight is 539 g/mol. The Morgan fingerprint density at radius 1 is 1.08 bits per heavy atom. The van der Waals surface area contributed by atoms with E-state index in [0.29, 0.717) is 16.7 Å². The topological polar surface area (TPSA) is 9.23 Å². The molecule has 0 heterocycles. The minimum Gasteiger partial charge on any atom is -0.406 e. The summed E-state index contributed by atoms with van der Waals surface area (Å²) in [5.41, 5.74) is 6.40. The van der Waals surface area contributed by atoms with Gasteiger partial charge in [0.05, 0.1) is 6.10 Å². The van der Waals surface area contributed by atoms with Crippen molar-refractivity contribution in [2.45, 2.75) is 144 Å². The van der Waals surface area contributed by atoms with Crippen LogP contribution in [0.25, 0.3) is 0 Å². The molecule has 1 nitrogen and oxygen atoms in total. The van der Waals surface area contributed by atoms with Crippen LogP contribution in [0.2, 0.25) is 18.1 Å². The van der Waals surface area contributed by atoms with Crippen molar-refractivity contribution in [3.63, 3.8) is 0 Å². The van der Waals surface area contributed by atoms with E-state index in [0.717, 1.165) is 29.7 Å². The maximum atomic E-state index is 6.92. The number of rotatable bonds is 7. The first-order chi connectivity index (χ1) is 17.4. The zero-order valence-electron chi connectivity index (χ0n) is 27.2. The molecule has 6 atom stereocenters. The van der Waals surface area contributed by atoms with Crippen molar-refractivity contribution in [2.24, 2.45) is 34.5 Å². The van der Waals surface area contributed by atoms with Crippen molar-refractivity contribution < 1.29 is 4.43 Å². The van der Waals surface area contributed by atoms with Crippen molar-refractivity contribution >= 4 is 8.32 Å². The molecule has 3 aliphatic carbocycles. The summed E-state index contributed by atoms with van der Waals surface area (Å²) in [6.07, 6.45) is 16.9. The molecule has 38 heavy (non-hydrogen) atoms. The lowest BCUT2D eigenvalue weighted by atomic mass is 9.60. The van der Waals surface area contributed by atoms with Crippen LogP contribution in [-0.2, 0) is 4.43 Å². The van der Waals surface area contributed by atoms with Crippen molar-refractivity contribution in [1.29, 1.82) is 0 Å². The van der Waals surface area contributed by atoms with E-state index in [1.165, 1.54) is 62.5 Å². The van der Waals surface area contributed by atoms with Gasteiger partial charge in [0.1, 0.15) is 0 Å². The minimum absolute atomic E-state index is 0.0364. The number of hydrogen-bond donors (Lipinski definition) is 0. The monoisotopic (exact) mass is 538 g/mol. The van der Waals surface area contributed by atoms with Gasteiger partial charge in [-0.2, -0.15) is 0 Å². The third kappa shape index (κ3) is 6.88. The van der Waals surface area contributed by atoms with Gasteiger partial charge in [-0.1, -0.05) is 106 Å². The standard InChI is InChI=1S/C36H62OSi/c1-25(16-14-22-34(5,6)7)31-20-21-32-29(17-15-23-36(31,32)11)18-19-30-24-26(2)27(3)33(28(30)4)37-38(12,13)35(8,9)10/h18-19,25-26,31-33H,3-4,14-17,20-24H2,1-2,5-13H3/b29-18+,30-19-/t25-,26-,31?,32?,33+,36-/m1/s1. The summed E-state index contributed by atoms with van der Waals surface area (Å²) in [6, 6.07) is 0. The zero-order valence-corrected chi connectivity index (χ0v) is 28.2. The van der Waals surface area contributed by atoms with Gasteiger partial charge in [0.2, 0.25) is 0 Å². The molecular formula is C36H62OSi. The molecule has 3 aliphatic rings. The number of allylic oxidation sites excluding steroid dienone is 3. The average Bonchev–Trinajstić information content (AvgIpc) is 3.14. The molecule has 0 aliphatic heterocycles. The molecule has 0 amide bonds. The van der Waals surface area contributed by atoms with Gasteiger partial charge in [-0.05, 0) is 114 Å². The molecule has 0 aromatic carbocycles. The molecule has 3 saturated carbocycles. The summed E-state index contributed by atoms with van der Waals surface area (Å²) >= 11 is 0. The Hall–Kier alpha value is -0.863. The van der Waals surface area contributed by atoms with E-state index in [4.69, 9.17) is 4.43 Å². The first kappa shape index (κ1) is 31.7. The van der Waals surface area contributed by atoms with Crippen LogP contribution in [0.3, 0.4) is 0 Å². The fourth-order valence-corrected chi connectivity index (χ4v) is 8.85. The lowest BCUT2D eigenvalue weighted by Crippen LogP contribution is -2.46. The summed E-state index contributed by atoms with van der Waals surface area (Å²) in [4.78, 5) is 0. The largest absolute Gasteiger partial charge is 0.406 e. The highest BCUT2D eigenvalue weighted by molar-refractivity contribution is 6.74. The van der Waals surface area contributed by atoms with Gasteiger partial charge in [-0.3, -0.25) is 0 Å². The second kappa shape index (κ2) is 11.6. The Labute approximate surface area is 238 Å². The van der Waals surface area contributed by atoms with Gasteiger partial charge >= 0.3 is 0 Å². The summed E-state index contributed by atoms with van der Waals surface area (Å²) in [7, 11) is -1.92. The third-order valence-corrected chi connectivity index (χ3v) is 15.7. The Balaban J connectivity index is 1.77. The van der Waals surface area contributed by atoms with Crippen molar-refractivity contribution in [3.05, 3.63) is 47.6 Å². The fraction of sp³-hybridized carbons (Fsp3) is 0.778. The van der Waals surface area contributed by atoms with E-state index in [2.05, 4.69) is 101 Å². The number of hydrogen-bond acceptors (Lipinski definition) is 1. The maximum Gasteiger partial charge on any atom is 0.193 e. The molecule has 3 rings (SSSR count). The molecule has 3 fully saturated rings. The lowest BCUT2D eigenvalue weighted by molar-refractivity contribution is 0.0920. The fourth-order valence-electron chi connectivity index (χ4n) is 7.61. The second-order valence-electron chi connectivity index (χ2n) is 16.4. The SMILES string of the molecule is C=C1/C(=C\C=C2/CCC[C@@]3(C)C2CCC3[C@H](C)CCCC(C)(C)C)C[C@@H](C)C(=C)[C@@H]1O[Si](C)(C)C(C)(C)C. The van der Waals surface area contributed by atoms with Crippen LogP contribution in [0.15, 0.2) is 47.6 Å². The molecule has 0 saturated heterocycles. The summed E-state index contributed by atoms with van der Waals surface area (Å²) < 4.78 is 6.92. The summed E-state index contributed by atoms with van der Waals surface area (Å²) in [6.45, 7) is 35.4. The molecule has 0 aromatic heterocycles. The lowest BCUT2D eigenvalue weighted by Gasteiger charge is -2.44. The second-order valence-corrected chi connectivity index (χ2v) is 21.2. The van der Waals surface area contributed by atoms with Crippen LogP contribution in [0.5, 0.6) is 0 Å². The Bertz CT molecular complexity index is 935. The van der Waals surface area contributed by atoms with Gasteiger partial charge < -0.3 is 4.43 Å². The quantitative estimate of drug-likeness (QED) is 0.231. The molecule has 216 valence electrons. The van der Waals surface area contributed by atoms with Crippen LogP contribution in [0.1, 0.15) is 120 Å². The predicted octanol–water partition coefficient (Wildman–Crippen LogP) is 11.5. The molecule has 0 aromatic rings. The van der Waals surface area contributed by atoms with Crippen LogP contribution in [-0.4, -0.2) is 14.4 Å². The van der Waals surface area contributed by atoms with E-state index >= 15 is 0 Å². The molecule has 0 radical (unpaired) electrons. The highest BCUT2D eigenvalue weighted by atomic mass is 28.4. The van der Waals surface area contributed by atoms with E-state index in [1.54, 1.807) is 5.57 Å². The van der Waals surface area contributed by atoms with Crippen molar-refractivity contribution in [2.75, 3.05) is 0 Å². The molecule has 0 N–H and O–H groups in total. The van der Waals surface area contributed by atoms with Gasteiger partial charge in [0.15, 0.2) is 8.32 Å². The van der Waals surface area contributed by atoms with E-state index in [-0.39, 0.29) is 11.1 Å². The molecule has 0 bridgehead atoms.